The maximum atomic E-state index is 12.7. The number of aromatic amines is 1. The highest BCUT2D eigenvalue weighted by molar-refractivity contribution is 7.80. The van der Waals surface area contributed by atoms with Crippen LogP contribution in [-0.4, -0.2) is 34.9 Å². The number of ether oxygens (including phenoxy) is 1. The highest BCUT2D eigenvalue weighted by Gasteiger charge is 2.22. The molecule has 0 unspecified atom stereocenters. The second-order valence-corrected chi connectivity index (χ2v) is 6.97. The summed E-state index contributed by atoms with van der Waals surface area (Å²) in [6.07, 6.45) is 2.48. The lowest BCUT2D eigenvalue weighted by Crippen LogP contribution is -2.44. The summed E-state index contributed by atoms with van der Waals surface area (Å²) in [5, 5.41) is 3.51. The summed E-state index contributed by atoms with van der Waals surface area (Å²) >= 11 is 5.61. The van der Waals surface area contributed by atoms with Crippen LogP contribution in [0.25, 0.3) is 0 Å². The maximum Gasteiger partial charge on any atom is 0.330 e. The molecule has 1 heterocycles. The number of H-pyrrole nitrogens is 1. The van der Waals surface area contributed by atoms with E-state index in [9.17, 15) is 9.59 Å². The first kappa shape index (κ1) is 22.6. The minimum atomic E-state index is -0.579. The van der Waals surface area contributed by atoms with Gasteiger partial charge in [-0.15, -0.1) is 0 Å². The quantitative estimate of drug-likeness (QED) is 0.536. The predicted octanol–water partition coefficient (Wildman–Crippen LogP) is 2.33. The average molecular weight is 420 g/mol. The smallest absolute Gasteiger partial charge is 0.330 e. The Kier molecular flexibility index (Phi) is 8.41. The lowest BCUT2D eigenvalue weighted by atomic mass is 10.1. The van der Waals surface area contributed by atoms with Crippen molar-refractivity contribution in [2.45, 2.75) is 39.7 Å². The fraction of sp³-hybridized carbons (Fsp3) is 0.450. The first-order chi connectivity index (χ1) is 13.9. The number of methoxy groups -OCH3 is 1. The van der Waals surface area contributed by atoms with Crippen LogP contribution in [0.5, 0.6) is 0 Å². The standard InChI is InChI=1S/C20H29N5O3S/c1-4-6-11-25-17(21)16(18(26)23-19(25)27)24(12-13-28-3)20(29)22-15-10-8-7-9-14(15)5-2/h7-10H,4-6,11-13,21H2,1-3H3,(H,22,29)(H,23,26,27). The average Bonchev–Trinajstić information content (AvgIpc) is 2.70. The lowest BCUT2D eigenvalue weighted by molar-refractivity contribution is 0.208. The topological polar surface area (TPSA) is 105 Å². The van der Waals surface area contributed by atoms with Gasteiger partial charge in [0.15, 0.2) is 10.8 Å². The maximum absolute atomic E-state index is 12.7. The molecule has 9 heteroatoms. The molecule has 0 spiro atoms. The molecule has 0 aliphatic carbocycles. The van der Waals surface area contributed by atoms with Crippen LogP contribution in [0.1, 0.15) is 32.3 Å². The number of hydrogen-bond acceptors (Lipinski definition) is 5. The normalized spacial score (nSPS) is 10.7. The SMILES string of the molecule is CCCCn1c(N)c(N(CCOC)C(=S)Nc2ccccc2CC)c(=O)[nH]c1=O. The van der Waals surface area contributed by atoms with E-state index in [0.29, 0.717) is 24.8 Å². The van der Waals surface area contributed by atoms with Gasteiger partial charge in [-0.1, -0.05) is 38.5 Å². The third kappa shape index (κ3) is 5.45. The van der Waals surface area contributed by atoms with Crippen molar-refractivity contribution in [2.24, 2.45) is 0 Å². The van der Waals surface area contributed by atoms with Gasteiger partial charge < -0.3 is 20.7 Å². The summed E-state index contributed by atoms with van der Waals surface area (Å²) in [5.74, 6) is 0.0937. The molecule has 0 saturated carbocycles. The van der Waals surface area contributed by atoms with Gasteiger partial charge in [0.2, 0.25) is 0 Å². The first-order valence-corrected chi connectivity index (χ1v) is 10.1. The first-order valence-electron chi connectivity index (χ1n) is 9.72. The molecule has 4 N–H and O–H groups in total. The fourth-order valence-electron chi connectivity index (χ4n) is 3.01. The number of anilines is 3. The fourth-order valence-corrected chi connectivity index (χ4v) is 3.30. The summed E-state index contributed by atoms with van der Waals surface area (Å²) in [5.41, 5.74) is 7.25. The summed E-state index contributed by atoms with van der Waals surface area (Å²) in [4.78, 5) is 28.8. The molecule has 0 bridgehead atoms. The minimum absolute atomic E-state index is 0.0937. The number of nitrogens with zero attached hydrogens (tertiary/aromatic N) is 2. The summed E-state index contributed by atoms with van der Waals surface area (Å²) < 4.78 is 6.56. The van der Waals surface area contributed by atoms with Crippen LogP contribution in [0.4, 0.5) is 17.2 Å². The number of unbranched alkanes of at least 4 members (excludes halogenated alkanes) is 1. The Labute approximate surface area is 175 Å². The van der Waals surface area contributed by atoms with Crippen LogP contribution in [0.3, 0.4) is 0 Å². The van der Waals surface area contributed by atoms with Gasteiger partial charge in [0.25, 0.3) is 5.56 Å². The Hall–Kier alpha value is -2.65. The second-order valence-electron chi connectivity index (χ2n) is 6.58. The van der Waals surface area contributed by atoms with Gasteiger partial charge in [0.05, 0.1) is 6.61 Å². The molecule has 158 valence electrons. The zero-order valence-electron chi connectivity index (χ0n) is 17.2. The van der Waals surface area contributed by atoms with Gasteiger partial charge in [0.1, 0.15) is 5.82 Å². The molecular weight excluding hydrogens is 390 g/mol. The van der Waals surface area contributed by atoms with E-state index >= 15 is 0 Å². The van der Waals surface area contributed by atoms with Crippen LogP contribution in [0.2, 0.25) is 0 Å². The van der Waals surface area contributed by atoms with E-state index in [4.69, 9.17) is 22.7 Å². The van der Waals surface area contributed by atoms with E-state index in [2.05, 4.69) is 17.2 Å². The van der Waals surface area contributed by atoms with Gasteiger partial charge in [-0.05, 0) is 36.7 Å². The molecule has 0 amide bonds. The molecule has 2 aromatic rings. The lowest BCUT2D eigenvalue weighted by Gasteiger charge is -2.27. The van der Waals surface area contributed by atoms with Crippen LogP contribution >= 0.6 is 12.2 Å². The zero-order chi connectivity index (χ0) is 21.4. The molecule has 1 aromatic carbocycles. The third-order valence-corrected chi connectivity index (χ3v) is 4.95. The van der Waals surface area contributed by atoms with Crippen LogP contribution < -0.4 is 27.2 Å². The number of para-hydroxylation sites is 1. The largest absolute Gasteiger partial charge is 0.383 e. The Morgan fingerprint density at radius 2 is 2.03 bits per heavy atom. The van der Waals surface area contributed by atoms with Crippen molar-refractivity contribution in [3.05, 3.63) is 50.7 Å². The van der Waals surface area contributed by atoms with Crippen molar-refractivity contribution in [1.82, 2.24) is 9.55 Å². The van der Waals surface area contributed by atoms with Crippen molar-refractivity contribution in [2.75, 3.05) is 36.2 Å². The Bertz CT molecular complexity index is 954. The molecule has 29 heavy (non-hydrogen) atoms. The summed E-state index contributed by atoms with van der Waals surface area (Å²) in [6, 6.07) is 7.81. The number of aryl methyl sites for hydroxylation is 1. The van der Waals surface area contributed by atoms with E-state index in [-0.39, 0.29) is 11.5 Å². The molecular formula is C20H29N5O3S. The van der Waals surface area contributed by atoms with Gasteiger partial charge in [0, 0.05) is 25.9 Å². The number of nitrogens with two attached hydrogens (primary N) is 1. The number of rotatable bonds is 9. The molecule has 0 aliphatic rings. The molecule has 2 rings (SSSR count). The van der Waals surface area contributed by atoms with Crippen LogP contribution in [0, 0.1) is 0 Å². The molecule has 0 saturated heterocycles. The van der Waals surface area contributed by atoms with Crippen LogP contribution in [-0.2, 0) is 17.7 Å². The number of benzene rings is 1. The van der Waals surface area contributed by atoms with E-state index in [0.717, 1.165) is 30.5 Å². The molecule has 1 aromatic heterocycles. The Morgan fingerprint density at radius 1 is 1.31 bits per heavy atom. The second kappa shape index (κ2) is 10.8. The van der Waals surface area contributed by atoms with Crippen molar-refractivity contribution >= 4 is 34.5 Å². The summed E-state index contributed by atoms with van der Waals surface area (Å²) in [7, 11) is 1.57. The van der Waals surface area contributed by atoms with Gasteiger partial charge in [-0.3, -0.25) is 14.3 Å². The Morgan fingerprint density at radius 3 is 2.69 bits per heavy atom. The Balaban J connectivity index is 2.48. The van der Waals surface area contributed by atoms with Gasteiger partial charge in [-0.25, -0.2) is 4.79 Å². The molecule has 8 nitrogen and oxygen atoms in total. The highest BCUT2D eigenvalue weighted by Crippen LogP contribution is 2.21. The van der Waals surface area contributed by atoms with E-state index in [1.54, 1.807) is 12.0 Å². The van der Waals surface area contributed by atoms with Crippen molar-refractivity contribution < 1.29 is 4.74 Å². The third-order valence-electron chi connectivity index (χ3n) is 4.62. The number of nitrogens with one attached hydrogen (secondary N) is 2. The molecule has 0 fully saturated rings. The van der Waals surface area contributed by atoms with Crippen molar-refractivity contribution in [1.29, 1.82) is 0 Å². The van der Waals surface area contributed by atoms with Crippen molar-refractivity contribution in [3.8, 4) is 0 Å². The number of aromatic nitrogens is 2. The minimum Gasteiger partial charge on any atom is -0.383 e. The van der Waals surface area contributed by atoms with Gasteiger partial charge >= 0.3 is 5.69 Å². The van der Waals surface area contributed by atoms with Gasteiger partial charge in [-0.2, -0.15) is 0 Å². The molecule has 0 aliphatic heterocycles. The monoisotopic (exact) mass is 419 g/mol. The predicted molar refractivity (Wildman–Crippen MR) is 122 cm³/mol. The number of thiocarbonyl (C=S) groups is 1. The number of hydrogen-bond donors (Lipinski definition) is 3. The molecule has 0 radical (unpaired) electrons. The van der Waals surface area contributed by atoms with Crippen molar-refractivity contribution in [3.63, 3.8) is 0 Å². The summed E-state index contributed by atoms with van der Waals surface area (Å²) in [6.45, 7) is 5.11. The van der Waals surface area contributed by atoms with E-state index in [1.165, 1.54) is 4.57 Å². The molecule has 0 atom stereocenters. The van der Waals surface area contributed by atoms with E-state index < -0.39 is 11.2 Å². The zero-order valence-corrected chi connectivity index (χ0v) is 18.0. The van der Waals surface area contributed by atoms with Crippen LogP contribution in [0.15, 0.2) is 33.9 Å². The van der Waals surface area contributed by atoms with E-state index in [1.807, 2.05) is 31.2 Å². The number of nitrogen functional groups attached to an aromatic ring is 1. The highest BCUT2D eigenvalue weighted by atomic mass is 32.1.